The fourth-order valence-electron chi connectivity index (χ4n) is 1.99. The Labute approximate surface area is 124 Å². The van der Waals surface area contributed by atoms with Gasteiger partial charge in [0.25, 0.3) is 0 Å². The van der Waals surface area contributed by atoms with Gasteiger partial charge in [-0.25, -0.2) is 4.79 Å². The van der Waals surface area contributed by atoms with Crippen molar-refractivity contribution in [3.05, 3.63) is 59.7 Å². The summed E-state index contributed by atoms with van der Waals surface area (Å²) in [7, 11) is 0. The molecule has 0 atom stereocenters. The molecule has 0 aliphatic carbocycles. The molecule has 0 bridgehead atoms. The predicted octanol–water partition coefficient (Wildman–Crippen LogP) is 3.21. The van der Waals surface area contributed by atoms with Crippen LogP contribution in [0.2, 0.25) is 0 Å². The van der Waals surface area contributed by atoms with E-state index in [-0.39, 0.29) is 12.1 Å². The van der Waals surface area contributed by atoms with Crippen LogP contribution < -0.4 is 5.84 Å². The third-order valence-electron chi connectivity index (χ3n) is 2.88. The number of carbonyl (C=O) groups excluding carboxylic acids is 1. The summed E-state index contributed by atoms with van der Waals surface area (Å²) >= 11 is 0. The van der Waals surface area contributed by atoms with E-state index >= 15 is 0 Å². The summed E-state index contributed by atoms with van der Waals surface area (Å²) in [5, 5.41) is 3.52. The smallest absolute Gasteiger partial charge is 0.338 e. The molecule has 108 valence electrons. The summed E-state index contributed by atoms with van der Waals surface area (Å²) < 4.78 is 5.21. The van der Waals surface area contributed by atoms with Gasteiger partial charge >= 0.3 is 5.97 Å². The molecule has 0 fully saturated rings. The molecule has 4 nitrogen and oxygen atoms in total. The normalized spacial score (nSPS) is 11.0. The Kier molecular flexibility index (Phi) is 4.72. The number of hydrazone groups is 1. The van der Waals surface area contributed by atoms with Gasteiger partial charge in [-0.05, 0) is 48.7 Å². The van der Waals surface area contributed by atoms with Crippen molar-refractivity contribution in [3.63, 3.8) is 0 Å². The molecular formula is C17H18N2O2. The van der Waals surface area contributed by atoms with E-state index in [2.05, 4.69) is 5.10 Å². The monoisotopic (exact) mass is 282 g/mol. The first-order valence-electron chi connectivity index (χ1n) is 6.75. The van der Waals surface area contributed by atoms with Gasteiger partial charge in [-0.1, -0.05) is 30.3 Å². The van der Waals surface area contributed by atoms with Crippen LogP contribution in [-0.2, 0) is 4.74 Å². The first-order chi connectivity index (χ1) is 10.1. The van der Waals surface area contributed by atoms with Crippen LogP contribution in [0.25, 0.3) is 11.1 Å². The number of rotatable bonds is 4. The van der Waals surface area contributed by atoms with Crippen molar-refractivity contribution in [2.45, 2.75) is 20.0 Å². The van der Waals surface area contributed by atoms with Gasteiger partial charge in [0.05, 0.1) is 17.9 Å². The number of nitrogens with two attached hydrogens (primary N) is 1. The zero-order valence-electron chi connectivity index (χ0n) is 12.1. The quantitative estimate of drug-likeness (QED) is 0.405. The van der Waals surface area contributed by atoms with Gasteiger partial charge in [-0.2, -0.15) is 5.10 Å². The zero-order chi connectivity index (χ0) is 15.2. The lowest BCUT2D eigenvalue weighted by atomic mass is 10.0. The van der Waals surface area contributed by atoms with E-state index in [9.17, 15) is 4.79 Å². The number of hydrogen-bond acceptors (Lipinski definition) is 4. The molecular weight excluding hydrogens is 264 g/mol. The highest BCUT2D eigenvalue weighted by Gasteiger charge is 2.10. The average Bonchev–Trinajstić information content (AvgIpc) is 2.47. The Morgan fingerprint density at radius 1 is 1.14 bits per heavy atom. The van der Waals surface area contributed by atoms with Crippen LogP contribution >= 0.6 is 0 Å². The zero-order valence-corrected chi connectivity index (χ0v) is 12.1. The highest BCUT2D eigenvalue weighted by molar-refractivity contribution is 5.91. The minimum absolute atomic E-state index is 0.134. The number of benzene rings is 2. The molecule has 0 aromatic heterocycles. The molecule has 0 radical (unpaired) electrons. The summed E-state index contributed by atoms with van der Waals surface area (Å²) in [5.74, 6) is 4.85. The van der Waals surface area contributed by atoms with E-state index in [1.807, 2.05) is 56.3 Å². The van der Waals surface area contributed by atoms with Gasteiger partial charge in [0, 0.05) is 0 Å². The summed E-state index contributed by atoms with van der Waals surface area (Å²) in [6.07, 6.45) is 1.45. The van der Waals surface area contributed by atoms with E-state index in [4.69, 9.17) is 10.6 Å². The van der Waals surface area contributed by atoms with Crippen molar-refractivity contribution in [3.8, 4) is 11.1 Å². The standard InChI is InChI=1S/C17H18N2O2/c1-12(2)21-17(20)16-8-4-7-15(10-16)14-6-3-5-13(9-14)11-19-18/h3-12H,18H2,1-2H3. The molecule has 0 unspecified atom stereocenters. The molecule has 2 aromatic rings. The predicted molar refractivity (Wildman–Crippen MR) is 84.2 cm³/mol. The summed E-state index contributed by atoms with van der Waals surface area (Å²) in [6, 6.07) is 15.1. The Balaban J connectivity index is 2.33. The number of nitrogens with zero attached hydrogens (tertiary/aromatic N) is 1. The molecule has 2 N–H and O–H groups in total. The van der Waals surface area contributed by atoms with Gasteiger partial charge in [0.2, 0.25) is 0 Å². The fourth-order valence-corrected chi connectivity index (χ4v) is 1.99. The first kappa shape index (κ1) is 14.8. The highest BCUT2D eigenvalue weighted by atomic mass is 16.5. The topological polar surface area (TPSA) is 64.7 Å². The minimum atomic E-state index is -0.313. The molecule has 0 heterocycles. The van der Waals surface area contributed by atoms with Crippen molar-refractivity contribution in [2.24, 2.45) is 10.9 Å². The maximum absolute atomic E-state index is 11.9. The second-order valence-corrected chi connectivity index (χ2v) is 4.94. The largest absolute Gasteiger partial charge is 0.459 e. The van der Waals surface area contributed by atoms with Gasteiger partial charge < -0.3 is 10.6 Å². The van der Waals surface area contributed by atoms with Gasteiger partial charge in [-0.3, -0.25) is 0 Å². The van der Waals surface area contributed by atoms with Crippen molar-refractivity contribution in [1.29, 1.82) is 0 Å². The summed E-state index contributed by atoms with van der Waals surface area (Å²) in [4.78, 5) is 11.9. The molecule has 0 saturated heterocycles. The maximum Gasteiger partial charge on any atom is 0.338 e. The number of esters is 1. The molecule has 4 heteroatoms. The molecule has 0 amide bonds. The van der Waals surface area contributed by atoms with Crippen LogP contribution in [0.3, 0.4) is 0 Å². The lowest BCUT2D eigenvalue weighted by Gasteiger charge is -2.09. The Morgan fingerprint density at radius 2 is 1.81 bits per heavy atom. The van der Waals surface area contributed by atoms with E-state index in [0.717, 1.165) is 16.7 Å². The van der Waals surface area contributed by atoms with Crippen molar-refractivity contribution < 1.29 is 9.53 Å². The molecule has 0 aliphatic rings. The lowest BCUT2D eigenvalue weighted by molar-refractivity contribution is 0.0378. The van der Waals surface area contributed by atoms with Gasteiger partial charge in [-0.15, -0.1) is 0 Å². The SMILES string of the molecule is CC(C)OC(=O)c1cccc(-c2cccc(C=NN)c2)c1. The fraction of sp³-hybridized carbons (Fsp3) is 0.176. The van der Waals surface area contributed by atoms with Crippen LogP contribution in [0.5, 0.6) is 0 Å². The van der Waals surface area contributed by atoms with Crippen molar-refractivity contribution in [1.82, 2.24) is 0 Å². The number of ether oxygens (including phenoxy) is 1. The van der Waals surface area contributed by atoms with Crippen LogP contribution in [0.1, 0.15) is 29.8 Å². The first-order valence-corrected chi connectivity index (χ1v) is 6.75. The molecule has 21 heavy (non-hydrogen) atoms. The molecule has 2 rings (SSSR count). The van der Waals surface area contributed by atoms with Gasteiger partial charge in [0.15, 0.2) is 0 Å². The van der Waals surface area contributed by atoms with Crippen LogP contribution in [0.15, 0.2) is 53.6 Å². The lowest BCUT2D eigenvalue weighted by Crippen LogP contribution is -2.11. The summed E-state index contributed by atoms with van der Waals surface area (Å²) in [6.45, 7) is 3.66. The maximum atomic E-state index is 11.9. The average molecular weight is 282 g/mol. The van der Waals surface area contributed by atoms with Crippen molar-refractivity contribution in [2.75, 3.05) is 0 Å². The molecule has 0 spiro atoms. The van der Waals surface area contributed by atoms with Crippen LogP contribution in [0, 0.1) is 0 Å². The second kappa shape index (κ2) is 6.70. The third-order valence-corrected chi connectivity index (χ3v) is 2.88. The van der Waals surface area contributed by atoms with Crippen molar-refractivity contribution >= 4 is 12.2 Å². The Bertz CT molecular complexity index is 663. The van der Waals surface area contributed by atoms with E-state index in [1.54, 1.807) is 12.3 Å². The molecule has 0 aliphatic heterocycles. The third kappa shape index (κ3) is 3.92. The minimum Gasteiger partial charge on any atom is -0.459 e. The van der Waals surface area contributed by atoms with Crippen LogP contribution in [0.4, 0.5) is 0 Å². The van der Waals surface area contributed by atoms with Crippen LogP contribution in [-0.4, -0.2) is 18.3 Å². The van der Waals surface area contributed by atoms with E-state index in [1.165, 1.54) is 0 Å². The van der Waals surface area contributed by atoms with E-state index < -0.39 is 0 Å². The Hall–Kier alpha value is -2.62. The number of hydrogen-bond donors (Lipinski definition) is 1. The van der Waals surface area contributed by atoms with Gasteiger partial charge in [0.1, 0.15) is 0 Å². The molecule has 0 saturated carbocycles. The molecule has 2 aromatic carbocycles. The summed E-state index contributed by atoms with van der Waals surface area (Å²) in [5.41, 5.74) is 3.39. The number of carbonyl (C=O) groups is 1. The second-order valence-electron chi connectivity index (χ2n) is 4.94. The Morgan fingerprint density at radius 3 is 2.48 bits per heavy atom. The van der Waals surface area contributed by atoms with E-state index in [0.29, 0.717) is 5.56 Å². The highest BCUT2D eigenvalue weighted by Crippen LogP contribution is 2.21.